The molecule has 1 aliphatic carbocycles. The van der Waals surface area contributed by atoms with E-state index in [4.69, 9.17) is 10.5 Å². The van der Waals surface area contributed by atoms with Crippen LogP contribution in [0.1, 0.15) is 38.5 Å². The summed E-state index contributed by atoms with van der Waals surface area (Å²) in [6.45, 7) is 0. The van der Waals surface area contributed by atoms with Crippen molar-refractivity contribution in [3.8, 4) is 10.8 Å². The van der Waals surface area contributed by atoms with E-state index in [1.54, 1.807) is 0 Å². The molecule has 0 bridgehead atoms. The van der Waals surface area contributed by atoms with Crippen LogP contribution in [-0.2, 0) is 25.3 Å². The minimum atomic E-state index is 1.33. The average Bonchev–Trinajstić information content (AvgIpc) is 2.10. The molecule has 12 heavy (non-hydrogen) atoms. The van der Waals surface area contributed by atoms with Crippen LogP contribution in [0.4, 0.5) is 0 Å². The molecule has 0 saturated heterocycles. The highest BCUT2D eigenvalue weighted by molar-refractivity contribution is 7.64. The van der Waals surface area contributed by atoms with Crippen molar-refractivity contribution < 1.29 is 0 Å². The zero-order valence-electron chi connectivity index (χ0n) is 6.95. The number of rotatable bonds is 0. The fourth-order valence-electron chi connectivity index (χ4n) is 1.06. The van der Waals surface area contributed by atoms with Crippen molar-refractivity contribution in [2.75, 3.05) is 0 Å². The van der Waals surface area contributed by atoms with Crippen molar-refractivity contribution in [3.05, 3.63) is 0 Å². The Balaban J connectivity index is 0. The van der Waals surface area contributed by atoms with Crippen molar-refractivity contribution >= 4 is 25.3 Å². The van der Waals surface area contributed by atoms with Crippen LogP contribution in [-0.4, -0.2) is 0 Å². The minimum absolute atomic E-state index is 1.33. The molecule has 1 rings (SSSR count). The summed E-state index contributed by atoms with van der Waals surface area (Å²) in [7, 11) is 0. The number of hydrogen-bond donors (Lipinski definition) is 0. The summed E-state index contributed by atoms with van der Waals surface area (Å²) < 4.78 is 0. The molecule has 0 aromatic carbocycles. The molecule has 0 amide bonds. The van der Waals surface area contributed by atoms with Gasteiger partial charge in [0.05, 0.1) is 0 Å². The molecule has 0 aliphatic heterocycles. The molecule has 0 aromatic rings. The van der Waals surface area contributed by atoms with Gasteiger partial charge >= 0.3 is 0 Å². The van der Waals surface area contributed by atoms with Gasteiger partial charge in [-0.25, -0.2) is 10.5 Å². The van der Waals surface area contributed by atoms with Crippen LogP contribution in [0.5, 0.6) is 0 Å². The quantitative estimate of drug-likeness (QED) is 0.445. The second-order valence-electron chi connectivity index (χ2n) is 2.30. The van der Waals surface area contributed by atoms with Gasteiger partial charge in [0.25, 0.3) is 0 Å². The maximum Gasteiger partial charge on any atom is -0.0533 e. The Labute approximate surface area is 85.4 Å². The van der Waals surface area contributed by atoms with Crippen molar-refractivity contribution in [1.82, 2.24) is 0 Å². The number of hydrogen-bond acceptors (Lipinski definition) is 4. The standard InChI is InChI=1S/C6H12.2CHNS/c1-2-4-6-5-3-1;2*2-1-3/h1-6H2;2*3H/p-2. The molecule has 0 spiro atoms. The lowest BCUT2D eigenvalue weighted by Crippen LogP contribution is -1.85. The molecule has 0 aromatic heterocycles. The Morgan fingerprint density at radius 3 is 0.833 bits per heavy atom. The van der Waals surface area contributed by atoms with Gasteiger partial charge in [-0.3, -0.25) is 0 Å². The van der Waals surface area contributed by atoms with Crippen molar-refractivity contribution in [1.29, 1.82) is 10.5 Å². The molecule has 1 fully saturated rings. The molecule has 4 heteroatoms. The Kier molecular flexibility index (Phi) is 19.6. The number of thiocyanates is 2. The van der Waals surface area contributed by atoms with Crippen molar-refractivity contribution in [2.45, 2.75) is 38.5 Å². The lowest BCUT2D eigenvalue weighted by molar-refractivity contribution is 0.504. The zero-order valence-corrected chi connectivity index (χ0v) is 8.59. The van der Waals surface area contributed by atoms with Gasteiger partial charge in [-0.2, -0.15) is 0 Å². The van der Waals surface area contributed by atoms with Crippen LogP contribution >= 0.6 is 0 Å². The molecule has 0 N–H and O–H groups in total. The third-order valence-electron chi connectivity index (χ3n) is 1.50. The SMILES string of the molecule is C1CCCCC1.N#C[S-].N#C[S-]. The second-order valence-corrected chi connectivity index (χ2v) is 2.67. The van der Waals surface area contributed by atoms with Crippen LogP contribution in [0.3, 0.4) is 0 Å². The van der Waals surface area contributed by atoms with E-state index in [1.165, 1.54) is 49.3 Å². The molecule has 0 heterocycles. The first-order valence-corrected chi connectivity index (χ1v) is 4.67. The topological polar surface area (TPSA) is 47.6 Å². The largest absolute Gasteiger partial charge is 0.696 e. The van der Waals surface area contributed by atoms with E-state index < -0.39 is 0 Å². The van der Waals surface area contributed by atoms with Crippen molar-refractivity contribution in [3.63, 3.8) is 0 Å². The summed E-state index contributed by atoms with van der Waals surface area (Å²) in [6, 6.07) is 0. The molecule has 0 radical (unpaired) electrons. The van der Waals surface area contributed by atoms with Crippen LogP contribution in [0, 0.1) is 21.3 Å². The second kappa shape index (κ2) is 16.8. The van der Waals surface area contributed by atoms with Crippen LogP contribution in [0.2, 0.25) is 0 Å². The maximum atomic E-state index is 7.13. The van der Waals surface area contributed by atoms with Gasteiger partial charge in [-0.05, 0) is 0 Å². The van der Waals surface area contributed by atoms with Gasteiger partial charge in [-0.1, -0.05) is 49.3 Å². The van der Waals surface area contributed by atoms with E-state index in [-0.39, 0.29) is 0 Å². The summed E-state index contributed by atoms with van der Waals surface area (Å²) in [4.78, 5) is 0. The third-order valence-corrected chi connectivity index (χ3v) is 1.50. The van der Waals surface area contributed by atoms with Gasteiger partial charge in [0, 0.05) is 0 Å². The number of nitriles is 2. The first-order chi connectivity index (χ1) is 5.83. The van der Waals surface area contributed by atoms with E-state index in [1.807, 2.05) is 0 Å². The highest BCUT2D eigenvalue weighted by Gasteiger charge is 1.95. The lowest BCUT2D eigenvalue weighted by atomic mass is 10.0. The highest BCUT2D eigenvalue weighted by Crippen LogP contribution is 2.15. The predicted molar refractivity (Wildman–Crippen MR) is 53.7 cm³/mol. The van der Waals surface area contributed by atoms with Gasteiger partial charge in [0.1, 0.15) is 0 Å². The van der Waals surface area contributed by atoms with Crippen LogP contribution in [0.25, 0.3) is 0 Å². The summed E-state index contributed by atoms with van der Waals surface area (Å²) in [5, 5.41) is 16.9. The zero-order chi connectivity index (χ0) is 9.66. The lowest BCUT2D eigenvalue weighted by Gasteiger charge is -2.05. The van der Waals surface area contributed by atoms with E-state index >= 15 is 0 Å². The van der Waals surface area contributed by atoms with Crippen LogP contribution in [0.15, 0.2) is 0 Å². The Bertz CT molecular complexity index is 119. The molecule has 1 saturated carbocycles. The molecule has 68 valence electrons. The predicted octanol–water partition coefficient (Wildman–Crippen LogP) is 2.37. The minimum Gasteiger partial charge on any atom is -0.696 e. The first-order valence-electron chi connectivity index (χ1n) is 3.86. The Morgan fingerprint density at radius 1 is 0.667 bits per heavy atom. The number of nitrogens with zero attached hydrogens (tertiary/aromatic N) is 2. The fraction of sp³-hybridized carbons (Fsp3) is 0.750. The maximum absolute atomic E-state index is 7.13. The summed E-state index contributed by atoms with van der Waals surface area (Å²) in [6.07, 6.45) is 9.00. The van der Waals surface area contributed by atoms with E-state index in [0.29, 0.717) is 0 Å². The smallest absolute Gasteiger partial charge is 0.0533 e. The molecule has 1 aliphatic rings. The Hall–Kier alpha value is -0.580. The summed E-state index contributed by atoms with van der Waals surface area (Å²) >= 11 is 7.40. The van der Waals surface area contributed by atoms with Gasteiger partial charge in [-0.15, -0.1) is 0 Å². The average molecular weight is 200 g/mol. The monoisotopic (exact) mass is 200 g/mol. The van der Waals surface area contributed by atoms with E-state index in [9.17, 15) is 0 Å². The van der Waals surface area contributed by atoms with Gasteiger partial charge < -0.3 is 25.3 Å². The molecule has 0 atom stereocenters. The normalized spacial score (nSPS) is 13.2. The van der Waals surface area contributed by atoms with Gasteiger partial charge in [0.15, 0.2) is 0 Å². The molecular weight excluding hydrogens is 188 g/mol. The summed E-state index contributed by atoms with van der Waals surface area (Å²) in [5.74, 6) is 0. The molecule has 2 nitrogen and oxygen atoms in total. The summed E-state index contributed by atoms with van der Waals surface area (Å²) in [5.41, 5.74) is 0. The van der Waals surface area contributed by atoms with E-state index in [0.717, 1.165) is 0 Å². The Morgan fingerprint density at radius 2 is 0.750 bits per heavy atom. The fourth-order valence-corrected chi connectivity index (χ4v) is 1.06. The molecule has 0 unspecified atom stereocenters. The van der Waals surface area contributed by atoms with E-state index in [2.05, 4.69) is 25.3 Å². The third kappa shape index (κ3) is 22.7. The van der Waals surface area contributed by atoms with Crippen molar-refractivity contribution in [2.24, 2.45) is 0 Å². The van der Waals surface area contributed by atoms with Crippen LogP contribution < -0.4 is 0 Å². The van der Waals surface area contributed by atoms with Gasteiger partial charge in [0.2, 0.25) is 0 Å². The molecular formula is C8H12N2S2-2. The first kappa shape index (κ1) is 14.0. The highest BCUT2D eigenvalue weighted by atomic mass is 32.1.